The average molecular weight is 639 g/mol. The van der Waals surface area contributed by atoms with Crippen molar-refractivity contribution < 1.29 is 23.9 Å². The van der Waals surface area contributed by atoms with Gasteiger partial charge in [0.05, 0.1) is 18.6 Å². The van der Waals surface area contributed by atoms with E-state index in [0.717, 1.165) is 35.1 Å². The SMILES string of the molecule is CNCCN(C)C(=O)Cc1cc2c(C)c(c1)C(OC)[C@@H](C)CC(OC)C[C@@H](C)/C=C(\C)C(CC(N)=O)C(C)/C=C\C=C(/C)C(=O)N2. The number of hydrogen-bond acceptors (Lipinski definition) is 6. The molecule has 9 nitrogen and oxygen atoms in total. The predicted molar refractivity (Wildman–Crippen MR) is 186 cm³/mol. The average Bonchev–Trinajstić information content (AvgIpc) is 2.99. The van der Waals surface area contributed by atoms with Gasteiger partial charge in [-0.3, -0.25) is 14.4 Å². The minimum atomic E-state index is -0.341. The summed E-state index contributed by atoms with van der Waals surface area (Å²) in [6.07, 6.45) is 9.58. The van der Waals surface area contributed by atoms with E-state index >= 15 is 0 Å². The molecule has 46 heavy (non-hydrogen) atoms. The van der Waals surface area contributed by atoms with Gasteiger partial charge >= 0.3 is 0 Å². The lowest BCUT2D eigenvalue weighted by atomic mass is 9.82. The Kier molecular flexibility index (Phi) is 15.9. The fourth-order valence-corrected chi connectivity index (χ4v) is 6.37. The number of hydrogen-bond donors (Lipinski definition) is 3. The van der Waals surface area contributed by atoms with Gasteiger partial charge in [0.15, 0.2) is 0 Å². The first-order chi connectivity index (χ1) is 21.7. The van der Waals surface area contributed by atoms with E-state index in [1.807, 2.05) is 38.3 Å². The van der Waals surface area contributed by atoms with E-state index in [0.29, 0.717) is 24.4 Å². The second kappa shape index (κ2) is 18.8. The van der Waals surface area contributed by atoms with E-state index in [-0.39, 0.29) is 66.4 Å². The van der Waals surface area contributed by atoms with Crippen LogP contribution in [0.5, 0.6) is 0 Å². The number of rotatable bonds is 9. The summed E-state index contributed by atoms with van der Waals surface area (Å²) in [6, 6.07) is 3.94. The van der Waals surface area contributed by atoms with Gasteiger partial charge in [-0.2, -0.15) is 0 Å². The Balaban J connectivity index is 2.65. The number of nitrogens with one attached hydrogen (secondary N) is 2. The lowest BCUT2D eigenvalue weighted by Crippen LogP contribution is -2.33. The molecule has 4 unspecified atom stereocenters. The molecule has 9 heteroatoms. The number of methoxy groups -OCH3 is 2. The number of nitrogens with zero attached hydrogens (tertiary/aromatic N) is 1. The molecule has 4 N–H and O–H groups in total. The first kappa shape index (κ1) is 38.9. The van der Waals surface area contributed by atoms with Crippen molar-refractivity contribution in [3.63, 3.8) is 0 Å². The zero-order chi connectivity index (χ0) is 34.6. The van der Waals surface area contributed by atoms with Crippen LogP contribution in [0.25, 0.3) is 0 Å². The molecule has 0 fully saturated rings. The molecule has 1 aliphatic heterocycles. The van der Waals surface area contributed by atoms with Gasteiger partial charge in [-0.15, -0.1) is 0 Å². The third-order valence-corrected chi connectivity index (χ3v) is 9.22. The molecule has 2 bridgehead atoms. The van der Waals surface area contributed by atoms with E-state index in [4.69, 9.17) is 15.2 Å². The van der Waals surface area contributed by atoms with Gasteiger partial charge in [0, 0.05) is 52.0 Å². The minimum absolute atomic E-state index is 0.00313. The molecule has 0 radical (unpaired) electrons. The Bertz CT molecular complexity index is 1290. The van der Waals surface area contributed by atoms with Crippen molar-refractivity contribution in [1.82, 2.24) is 10.2 Å². The number of ether oxygens (including phenoxy) is 2. The fourth-order valence-electron chi connectivity index (χ4n) is 6.37. The van der Waals surface area contributed by atoms with E-state index in [2.05, 4.69) is 44.4 Å². The molecule has 1 aromatic carbocycles. The molecule has 0 aliphatic carbocycles. The van der Waals surface area contributed by atoms with Gasteiger partial charge in [-0.1, -0.05) is 56.7 Å². The highest BCUT2D eigenvalue weighted by molar-refractivity contribution is 6.04. The summed E-state index contributed by atoms with van der Waals surface area (Å²) in [6.45, 7) is 13.5. The summed E-state index contributed by atoms with van der Waals surface area (Å²) in [5.74, 6) is -0.340. The van der Waals surface area contributed by atoms with E-state index in [1.165, 1.54) is 0 Å². The Morgan fingerprint density at radius 1 is 1.09 bits per heavy atom. The summed E-state index contributed by atoms with van der Waals surface area (Å²) in [5, 5.41) is 6.18. The molecule has 6 atom stereocenters. The lowest BCUT2D eigenvalue weighted by Gasteiger charge is -2.30. The van der Waals surface area contributed by atoms with E-state index in [9.17, 15) is 14.4 Å². The van der Waals surface area contributed by atoms with Crippen molar-refractivity contribution in [2.45, 2.75) is 79.4 Å². The molecule has 2 rings (SSSR count). The number of benzene rings is 1. The molecule has 0 saturated carbocycles. The maximum absolute atomic E-state index is 13.4. The van der Waals surface area contributed by atoms with Crippen LogP contribution in [0.15, 0.2) is 47.6 Å². The minimum Gasteiger partial charge on any atom is -0.381 e. The molecule has 0 spiro atoms. The molecule has 1 heterocycles. The van der Waals surface area contributed by atoms with Crippen LogP contribution in [0.2, 0.25) is 0 Å². The van der Waals surface area contributed by atoms with Crippen LogP contribution in [-0.2, 0) is 30.3 Å². The first-order valence-corrected chi connectivity index (χ1v) is 16.4. The van der Waals surface area contributed by atoms with Crippen LogP contribution in [0.4, 0.5) is 5.69 Å². The Hall–Kier alpha value is -3.27. The van der Waals surface area contributed by atoms with Crippen molar-refractivity contribution in [3.8, 4) is 0 Å². The number of allylic oxidation sites excluding steroid dienone is 5. The maximum atomic E-state index is 13.4. The zero-order valence-electron chi connectivity index (χ0n) is 29.7. The number of amides is 3. The monoisotopic (exact) mass is 638 g/mol. The fraction of sp³-hybridized carbons (Fsp3) is 0.595. The molecular formula is C37H58N4O5. The Labute approximate surface area is 277 Å². The molecular weight excluding hydrogens is 580 g/mol. The standard InChI is InChI=1S/C37H58N4O5/c1-23-16-26(4)31(22-34(38)42)24(2)12-11-13-25(3)37(44)40-33-20-29(21-35(43)41(8)15-14-39-7)19-32(28(33)6)36(46-10)27(5)18-30(17-23)45-9/h11-13,16,19-20,23-24,27,30-31,36,39H,14-15,17-18,21-22H2,1-10H3,(H2,38,42)(H,40,44)/b12-11-,25-13+,26-16+/t23-,24?,27-,30?,31?,36?/m0/s1. The summed E-state index contributed by atoms with van der Waals surface area (Å²) in [5.41, 5.74) is 10.6. The zero-order valence-corrected chi connectivity index (χ0v) is 29.7. The highest BCUT2D eigenvalue weighted by atomic mass is 16.5. The Morgan fingerprint density at radius 3 is 2.39 bits per heavy atom. The van der Waals surface area contributed by atoms with Crippen molar-refractivity contribution in [2.24, 2.45) is 29.4 Å². The van der Waals surface area contributed by atoms with Crippen LogP contribution in [-0.4, -0.2) is 70.1 Å². The number of likely N-dealkylation sites (N-methyl/N-ethyl adjacent to an activating group) is 2. The van der Waals surface area contributed by atoms with Gasteiger partial charge in [-0.05, 0) is 87.1 Å². The number of carbonyl (C=O) groups is 3. The molecule has 0 aromatic heterocycles. The van der Waals surface area contributed by atoms with Gasteiger partial charge < -0.3 is 30.7 Å². The van der Waals surface area contributed by atoms with E-state index < -0.39 is 0 Å². The van der Waals surface area contributed by atoms with Gasteiger partial charge in [0.2, 0.25) is 11.8 Å². The summed E-state index contributed by atoms with van der Waals surface area (Å²) in [7, 11) is 7.11. The van der Waals surface area contributed by atoms with Crippen LogP contribution < -0.4 is 16.4 Å². The van der Waals surface area contributed by atoms with Gasteiger partial charge in [0.1, 0.15) is 0 Å². The molecule has 3 amide bonds. The molecule has 1 aliphatic rings. The van der Waals surface area contributed by atoms with Crippen LogP contribution in [0.1, 0.15) is 76.7 Å². The summed E-state index contributed by atoms with van der Waals surface area (Å²) in [4.78, 5) is 40.3. The predicted octanol–water partition coefficient (Wildman–Crippen LogP) is 5.50. The summed E-state index contributed by atoms with van der Waals surface area (Å²) >= 11 is 0. The van der Waals surface area contributed by atoms with Crippen LogP contribution in [0.3, 0.4) is 0 Å². The van der Waals surface area contributed by atoms with Crippen molar-refractivity contribution in [3.05, 3.63) is 64.3 Å². The highest BCUT2D eigenvalue weighted by Gasteiger charge is 2.28. The molecule has 256 valence electrons. The first-order valence-electron chi connectivity index (χ1n) is 16.4. The van der Waals surface area contributed by atoms with Gasteiger partial charge in [-0.25, -0.2) is 0 Å². The van der Waals surface area contributed by atoms with Crippen LogP contribution >= 0.6 is 0 Å². The van der Waals surface area contributed by atoms with E-state index in [1.54, 1.807) is 39.2 Å². The number of nitrogens with two attached hydrogens (primary N) is 1. The number of fused-ring (bicyclic) bond motifs is 2. The number of carbonyl (C=O) groups excluding carboxylic acids is 3. The van der Waals surface area contributed by atoms with Gasteiger partial charge in [0.25, 0.3) is 5.91 Å². The number of primary amides is 1. The van der Waals surface area contributed by atoms with Crippen molar-refractivity contribution in [2.75, 3.05) is 46.7 Å². The smallest absolute Gasteiger partial charge is 0.251 e. The largest absolute Gasteiger partial charge is 0.381 e. The molecule has 0 saturated heterocycles. The number of anilines is 1. The third kappa shape index (κ3) is 11.5. The topological polar surface area (TPSA) is 123 Å². The maximum Gasteiger partial charge on any atom is 0.251 e. The Morgan fingerprint density at radius 2 is 1.78 bits per heavy atom. The lowest BCUT2D eigenvalue weighted by molar-refractivity contribution is -0.129. The summed E-state index contributed by atoms with van der Waals surface area (Å²) < 4.78 is 12.1. The second-order valence-electron chi connectivity index (χ2n) is 13.1. The normalized spacial score (nSPS) is 27.9. The highest BCUT2D eigenvalue weighted by Crippen LogP contribution is 2.36. The quantitative estimate of drug-likeness (QED) is 0.307. The molecule has 1 aromatic rings. The van der Waals surface area contributed by atoms with Crippen molar-refractivity contribution in [1.29, 1.82) is 0 Å². The van der Waals surface area contributed by atoms with Crippen molar-refractivity contribution >= 4 is 23.4 Å². The third-order valence-electron chi connectivity index (χ3n) is 9.22. The second-order valence-corrected chi connectivity index (χ2v) is 13.1. The van der Waals surface area contributed by atoms with Crippen LogP contribution in [0, 0.1) is 30.6 Å².